The summed E-state index contributed by atoms with van der Waals surface area (Å²) in [6.45, 7) is 6.59. The van der Waals surface area contributed by atoms with Gasteiger partial charge in [-0.05, 0) is 39.8 Å². The van der Waals surface area contributed by atoms with Crippen molar-refractivity contribution in [2.24, 2.45) is 4.99 Å². The van der Waals surface area contributed by atoms with Crippen molar-refractivity contribution in [3.63, 3.8) is 0 Å². The second-order valence-electron chi connectivity index (χ2n) is 9.52. The smallest absolute Gasteiger partial charge is 0.414 e. The highest BCUT2D eigenvalue weighted by Gasteiger charge is 2.40. The Kier molecular flexibility index (Phi) is 7.63. The molecule has 37 heavy (non-hydrogen) atoms. The number of benzene rings is 2. The van der Waals surface area contributed by atoms with E-state index in [4.69, 9.17) is 21.1 Å². The lowest BCUT2D eigenvalue weighted by atomic mass is 9.87. The number of hydrogen-bond acceptors (Lipinski definition) is 8. The minimum atomic E-state index is -1.40. The van der Waals surface area contributed by atoms with Gasteiger partial charge in [-0.1, -0.05) is 23.7 Å². The van der Waals surface area contributed by atoms with Crippen molar-refractivity contribution in [1.82, 2.24) is 10.2 Å². The Labute approximate surface area is 217 Å². The first-order valence-electron chi connectivity index (χ1n) is 11.1. The first-order chi connectivity index (χ1) is 17.1. The van der Waals surface area contributed by atoms with Crippen molar-refractivity contribution in [3.05, 3.63) is 56.8 Å². The molecule has 198 valence electrons. The monoisotopic (exact) mass is 535 g/mol. The quantitative estimate of drug-likeness (QED) is 0.401. The number of nitro groups is 1. The number of ether oxygens (including phenoxy) is 2. The highest BCUT2D eigenvalue weighted by molar-refractivity contribution is 6.32. The van der Waals surface area contributed by atoms with Gasteiger partial charge in [0.2, 0.25) is 11.9 Å². The summed E-state index contributed by atoms with van der Waals surface area (Å²) >= 11 is 6.13. The van der Waals surface area contributed by atoms with Crippen molar-refractivity contribution in [2.75, 3.05) is 19.5 Å². The summed E-state index contributed by atoms with van der Waals surface area (Å²) in [5.74, 6) is -1.23. The molecule has 0 radical (unpaired) electrons. The fraction of sp³-hybridized carbons (Fsp3) is 0.375. The summed E-state index contributed by atoms with van der Waals surface area (Å²) in [5.41, 5.74) is -2.71. The van der Waals surface area contributed by atoms with Crippen LogP contribution in [0.5, 0.6) is 5.75 Å². The highest BCUT2D eigenvalue weighted by atomic mass is 35.5. The fourth-order valence-corrected chi connectivity index (χ4v) is 3.92. The lowest BCUT2D eigenvalue weighted by Gasteiger charge is -2.35. The second-order valence-corrected chi connectivity index (χ2v) is 9.93. The molecule has 13 heteroatoms. The van der Waals surface area contributed by atoms with Gasteiger partial charge in [0.05, 0.1) is 40.8 Å². The topological polar surface area (TPSA) is 135 Å². The van der Waals surface area contributed by atoms with E-state index >= 15 is 4.39 Å². The van der Waals surface area contributed by atoms with E-state index in [2.05, 4.69) is 15.6 Å². The third-order valence-electron chi connectivity index (χ3n) is 5.47. The summed E-state index contributed by atoms with van der Waals surface area (Å²) in [4.78, 5) is 41.6. The number of hydrogen-bond donors (Lipinski definition) is 2. The van der Waals surface area contributed by atoms with E-state index in [9.17, 15) is 19.7 Å². The minimum absolute atomic E-state index is 0.0321. The van der Waals surface area contributed by atoms with Crippen LogP contribution in [0.1, 0.15) is 39.7 Å². The normalized spacial score (nSPS) is 17.7. The zero-order chi connectivity index (χ0) is 27.7. The number of alkyl carbamates (subject to hydrolysis) is 1. The summed E-state index contributed by atoms with van der Waals surface area (Å²) in [6, 6.07) is 6.73. The number of anilines is 2. The van der Waals surface area contributed by atoms with Crippen LogP contribution in [0.3, 0.4) is 0 Å². The molecule has 1 atom stereocenters. The molecular weight excluding hydrogens is 509 g/mol. The Hall–Kier alpha value is -3.93. The molecule has 3 rings (SSSR count). The van der Waals surface area contributed by atoms with Gasteiger partial charge in [-0.25, -0.2) is 14.2 Å². The number of rotatable bonds is 5. The zero-order valence-electron chi connectivity index (χ0n) is 21.1. The van der Waals surface area contributed by atoms with Gasteiger partial charge in [0.1, 0.15) is 17.0 Å². The van der Waals surface area contributed by atoms with Gasteiger partial charge >= 0.3 is 6.09 Å². The Bertz CT molecular complexity index is 1300. The van der Waals surface area contributed by atoms with Gasteiger partial charge in [-0.15, -0.1) is 0 Å². The number of methoxy groups -OCH3 is 1. The Morgan fingerprint density at radius 2 is 1.97 bits per heavy atom. The van der Waals surface area contributed by atoms with Crippen LogP contribution in [-0.2, 0) is 15.1 Å². The van der Waals surface area contributed by atoms with Crippen LogP contribution in [0.15, 0.2) is 35.3 Å². The molecule has 1 aliphatic heterocycles. The Morgan fingerprint density at radius 1 is 1.30 bits per heavy atom. The average molecular weight is 536 g/mol. The van der Waals surface area contributed by atoms with Gasteiger partial charge < -0.3 is 14.8 Å². The maximum absolute atomic E-state index is 15.8. The van der Waals surface area contributed by atoms with Gasteiger partial charge in [0.15, 0.2) is 5.82 Å². The molecule has 2 N–H and O–H groups in total. The lowest BCUT2D eigenvalue weighted by molar-refractivity contribution is -0.384. The maximum atomic E-state index is 15.8. The van der Waals surface area contributed by atoms with Crippen molar-refractivity contribution in [2.45, 2.75) is 45.3 Å². The first kappa shape index (κ1) is 27.7. The van der Waals surface area contributed by atoms with E-state index in [1.165, 1.54) is 38.4 Å². The van der Waals surface area contributed by atoms with Crippen LogP contribution in [0.25, 0.3) is 0 Å². The molecule has 2 aromatic carbocycles. The highest BCUT2D eigenvalue weighted by Crippen LogP contribution is 2.40. The van der Waals surface area contributed by atoms with Gasteiger partial charge in [0.25, 0.3) is 5.69 Å². The van der Waals surface area contributed by atoms with Crippen molar-refractivity contribution in [3.8, 4) is 5.75 Å². The van der Waals surface area contributed by atoms with Crippen molar-refractivity contribution in [1.29, 1.82) is 0 Å². The molecule has 1 aliphatic rings. The number of carbonyl (C=O) groups excluding carboxylic acids is 2. The molecular formula is C24H27ClFN5O6. The Balaban J connectivity index is 2.02. The van der Waals surface area contributed by atoms with E-state index in [1.54, 1.807) is 27.7 Å². The van der Waals surface area contributed by atoms with Crippen LogP contribution in [0.2, 0.25) is 5.02 Å². The molecule has 0 aliphatic carbocycles. The standard InChI is InChI=1S/C24H27ClFN5O6/c1-23(2,3)37-22(33)28-21-29-24(4,12-19(32)30(21)5)13-8-7-9-15(20(13)26)27-16-10-14(25)18(36-6)11-17(16)31(34)35/h7-11,27H,12H2,1-6H3,(H,28,29,33)/t24-/m0/s1. The number of nitrogens with one attached hydrogen (secondary N) is 2. The van der Waals surface area contributed by atoms with Crippen LogP contribution < -0.4 is 15.4 Å². The summed E-state index contributed by atoms with van der Waals surface area (Å²) in [5, 5.41) is 16.8. The first-order valence-corrected chi connectivity index (χ1v) is 11.5. The molecule has 1 heterocycles. The average Bonchev–Trinajstić information content (AvgIpc) is 2.77. The number of halogens is 2. The minimum Gasteiger partial charge on any atom is -0.495 e. The molecule has 0 saturated carbocycles. The summed E-state index contributed by atoms with van der Waals surface area (Å²) < 4.78 is 26.1. The van der Waals surface area contributed by atoms with Crippen molar-refractivity contribution < 1.29 is 28.4 Å². The fourth-order valence-electron chi connectivity index (χ4n) is 3.68. The Morgan fingerprint density at radius 3 is 2.57 bits per heavy atom. The van der Waals surface area contributed by atoms with Crippen molar-refractivity contribution >= 4 is 46.6 Å². The molecule has 0 aromatic heterocycles. The summed E-state index contributed by atoms with van der Waals surface area (Å²) in [6.07, 6.45) is -1.02. The SMILES string of the molecule is COc1cc([N+](=O)[O-])c(Nc2cccc([C@]3(C)CC(=O)N(C)C(NC(=O)OC(C)(C)C)=N3)c2F)cc1Cl. The van der Waals surface area contributed by atoms with Gasteiger partial charge in [0, 0.05) is 12.6 Å². The number of carbonyl (C=O) groups is 2. The van der Waals surface area contributed by atoms with E-state index in [0.29, 0.717) is 0 Å². The number of nitro benzene ring substituents is 1. The summed E-state index contributed by atoms with van der Waals surface area (Å²) in [7, 11) is 2.75. The third-order valence-corrected chi connectivity index (χ3v) is 5.76. The number of aliphatic imine (C=N–C) groups is 1. The van der Waals surface area contributed by atoms with E-state index in [0.717, 1.165) is 11.0 Å². The van der Waals surface area contributed by atoms with Crippen LogP contribution in [0, 0.1) is 15.9 Å². The number of amides is 2. The van der Waals surface area contributed by atoms with Crippen LogP contribution in [0.4, 0.5) is 26.2 Å². The molecule has 0 saturated heterocycles. The van der Waals surface area contributed by atoms with Crippen LogP contribution >= 0.6 is 11.6 Å². The lowest BCUT2D eigenvalue weighted by Crippen LogP contribution is -2.52. The third kappa shape index (κ3) is 6.08. The molecule has 2 aromatic rings. The number of nitrogens with zero attached hydrogens (tertiary/aromatic N) is 3. The molecule has 0 spiro atoms. The molecule has 2 amide bonds. The number of guanidine groups is 1. The van der Waals surface area contributed by atoms with Gasteiger partial charge in [-0.3, -0.25) is 25.1 Å². The van der Waals surface area contributed by atoms with Crippen LogP contribution in [-0.4, -0.2) is 47.5 Å². The molecule has 0 unspecified atom stereocenters. The molecule has 0 bridgehead atoms. The molecule has 0 fully saturated rings. The van der Waals surface area contributed by atoms with Gasteiger partial charge in [-0.2, -0.15) is 0 Å². The van der Waals surface area contributed by atoms with E-state index in [1.807, 2.05) is 0 Å². The van der Waals surface area contributed by atoms with E-state index in [-0.39, 0.29) is 45.8 Å². The molecule has 11 nitrogen and oxygen atoms in total. The maximum Gasteiger partial charge on any atom is 0.414 e. The largest absolute Gasteiger partial charge is 0.495 e. The predicted molar refractivity (Wildman–Crippen MR) is 136 cm³/mol. The zero-order valence-corrected chi connectivity index (χ0v) is 21.9. The predicted octanol–water partition coefficient (Wildman–Crippen LogP) is 5.10. The second kappa shape index (κ2) is 10.2. The van der Waals surface area contributed by atoms with E-state index < -0.39 is 33.9 Å².